The smallest absolute Gasteiger partial charge is 0.220 e. The molecule has 0 bridgehead atoms. The molecule has 118 valence electrons. The summed E-state index contributed by atoms with van der Waals surface area (Å²) in [5, 5.41) is 6.37. The van der Waals surface area contributed by atoms with E-state index in [-0.39, 0.29) is 18.3 Å². The fraction of sp³-hybridized carbons (Fsp3) is 0.588. The maximum Gasteiger partial charge on any atom is 0.220 e. The molecule has 1 aromatic carbocycles. The van der Waals surface area contributed by atoms with Crippen molar-refractivity contribution in [3.8, 4) is 0 Å². The predicted molar refractivity (Wildman–Crippen MR) is 90.1 cm³/mol. The molecule has 1 aliphatic heterocycles. The summed E-state index contributed by atoms with van der Waals surface area (Å²) in [6.45, 7) is 7.16. The largest absolute Gasteiger partial charge is 0.356 e. The molecule has 1 unspecified atom stereocenters. The highest BCUT2D eigenvalue weighted by atomic mass is 35.5. The molecule has 0 radical (unpaired) electrons. The zero-order valence-electron chi connectivity index (χ0n) is 13.1. The fourth-order valence-electron chi connectivity index (χ4n) is 2.94. The van der Waals surface area contributed by atoms with Crippen molar-refractivity contribution in [2.45, 2.75) is 39.5 Å². The molecule has 1 fully saturated rings. The Kier molecular flexibility index (Phi) is 7.76. The number of hydrogen-bond donors (Lipinski definition) is 2. The molecule has 21 heavy (non-hydrogen) atoms. The second kappa shape index (κ2) is 9.06. The number of amides is 1. The highest BCUT2D eigenvalue weighted by Gasteiger charge is 2.15. The van der Waals surface area contributed by atoms with Gasteiger partial charge >= 0.3 is 0 Å². The van der Waals surface area contributed by atoms with Gasteiger partial charge < -0.3 is 10.6 Å². The molecule has 1 heterocycles. The first-order chi connectivity index (χ1) is 9.63. The van der Waals surface area contributed by atoms with Gasteiger partial charge in [0.05, 0.1) is 0 Å². The van der Waals surface area contributed by atoms with Crippen molar-refractivity contribution in [2.75, 3.05) is 19.6 Å². The Hall–Kier alpha value is -1.06. The maximum absolute atomic E-state index is 11.8. The Balaban J connectivity index is 0.00000220. The summed E-state index contributed by atoms with van der Waals surface area (Å²) in [6.07, 6.45) is 3.82. The van der Waals surface area contributed by atoms with Crippen LogP contribution in [0, 0.1) is 19.8 Å². The van der Waals surface area contributed by atoms with Crippen molar-refractivity contribution in [2.24, 2.45) is 5.92 Å². The van der Waals surface area contributed by atoms with Crippen molar-refractivity contribution in [1.29, 1.82) is 0 Å². The average Bonchev–Trinajstić information content (AvgIpc) is 2.88. The second-order valence-corrected chi connectivity index (χ2v) is 5.99. The van der Waals surface area contributed by atoms with E-state index in [4.69, 9.17) is 0 Å². The van der Waals surface area contributed by atoms with E-state index >= 15 is 0 Å². The summed E-state index contributed by atoms with van der Waals surface area (Å²) in [4.78, 5) is 11.8. The molecule has 1 atom stereocenters. The van der Waals surface area contributed by atoms with Gasteiger partial charge in [0.25, 0.3) is 0 Å². The van der Waals surface area contributed by atoms with Crippen LogP contribution in [0.5, 0.6) is 0 Å². The summed E-state index contributed by atoms with van der Waals surface area (Å²) in [5.74, 6) is 0.890. The van der Waals surface area contributed by atoms with Gasteiger partial charge in [-0.05, 0) is 57.7 Å². The number of rotatable bonds is 6. The first kappa shape index (κ1) is 18.0. The van der Waals surface area contributed by atoms with Crippen molar-refractivity contribution in [3.63, 3.8) is 0 Å². The molecule has 0 spiro atoms. The Morgan fingerprint density at radius 3 is 2.62 bits per heavy atom. The van der Waals surface area contributed by atoms with E-state index in [1.165, 1.54) is 23.1 Å². The van der Waals surface area contributed by atoms with Gasteiger partial charge in [-0.25, -0.2) is 0 Å². The fourth-order valence-corrected chi connectivity index (χ4v) is 2.94. The Morgan fingerprint density at radius 1 is 1.29 bits per heavy atom. The molecule has 1 aromatic rings. The van der Waals surface area contributed by atoms with Crippen LogP contribution in [0.4, 0.5) is 0 Å². The lowest BCUT2D eigenvalue weighted by Crippen LogP contribution is -2.26. The minimum absolute atomic E-state index is 0. The average molecular weight is 311 g/mol. The lowest BCUT2D eigenvalue weighted by molar-refractivity contribution is -0.121. The summed E-state index contributed by atoms with van der Waals surface area (Å²) in [7, 11) is 0. The highest BCUT2D eigenvalue weighted by Crippen LogP contribution is 2.14. The van der Waals surface area contributed by atoms with Gasteiger partial charge in [0.15, 0.2) is 0 Å². The molecule has 1 saturated heterocycles. The van der Waals surface area contributed by atoms with Gasteiger partial charge in [0, 0.05) is 13.0 Å². The number of carbonyl (C=O) groups is 1. The summed E-state index contributed by atoms with van der Waals surface area (Å²) in [5.41, 5.74) is 3.89. The van der Waals surface area contributed by atoms with Crippen LogP contribution in [0.2, 0.25) is 0 Å². The van der Waals surface area contributed by atoms with Gasteiger partial charge in [-0.3, -0.25) is 4.79 Å². The number of hydrogen-bond acceptors (Lipinski definition) is 2. The Morgan fingerprint density at radius 2 is 2.00 bits per heavy atom. The molecule has 1 amide bonds. The van der Waals surface area contributed by atoms with E-state index in [0.717, 1.165) is 32.5 Å². The van der Waals surface area contributed by atoms with Gasteiger partial charge in [0.1, 0.15) is 0 Å². The molecule has 0 aromatic heterocycles. The number of benzene rings is 1. The standard InChI is InChI=1S/C17H26N2O.ClH/c1-13-9-14(2)11-16(10-13)6-8-19-17(20)4-3-15-5-7-18-12-15;/h9-11,15,18H,3-8,12H2,1-2H3,(H,19,20);1H. The molecule has 2 rings (SSSR count). The lowest BCUT2D eigenvalue weighted by atomic mass is 10.0. The van der Waals surface area contributed by atoms with Crippen molar-refractivity contribution in [3.05, 3.63) is 34.9 Å². The molecular weight excluding hydrogens is 284 g/mol. The normalized spacial score (nSPS) is 17.3. The van der Waals surface area contributed by atoms with E-state index in [0.29, 0.717) is 12.3 Å². The van der Waals surface area contributed by atoms with Gasteiger partial charge in [-0.1, -0.05) is 29.3 Å². The van der Waals surface area contributed by atoms with E-state index in [2.05, 4.69) is 42.7 Å². The zero-order valence-corrected chi connectivity index (χ0v) is 13.9. The van der Waals surface area contributed by atoms with Crippen LogP contribution in [-0.2, 0) is 11.2 Å². The van der Waals surface area contributed by atoms with Crippen molar-refractivity contribution in [1.82, 2.24) is 10.6 Å². The first-order valence-corrected chi connectivity index (χ1v) is 7.68. The Labute approximate surface area is 134 Å². The molecule has 2 N–H and O–H groups in total. The first-order valence-electron chi connectivity index (χ1n) is 7.68. The Bertz CT molecular complexity index is 436. The third-order valence-electron chi connectivity index (χ3n) is 3.96. The SMILES string of the molecule is Cc1cc(C)cc(CCNC(=O)CCC2CCNC2)c1.Cl. The number of halogens is 1. The zero-order chi connectivity index (χ0) is 14.4. The van der Waals surface area contributed by atoms with Crippen LogP contribution < -0.4 is 10.6 Å². The topological polar surface area (TPSA) is 41.1 Å². The van der Waals surface area contributed by atoms with Gasteiger partial charge in [-0.2, -0.15) is 0 Å². The van der Waals surface area contributed by atoms with Crippen LogP contribution in [-0.4, -0.2) is 25.5 Å². The number of carbonyl (C=O) groups excluding carboxylic acids is 1. The summed E-state index contributed by atoms with van der Waals surface area (Å²) >= 11 is 0. The van der Waals surface area contributed by atoms with E-state index in [1.807, 2.05) is 0 Å². The maximum atomic E-state index is 11.8. The monoisotopic (exact) mass is 310 g/mol. The van der Waals surface area contributed by atoms with Crippen LogP contribution >= 0.6 is 12.4 Å². The summed E-state index contributed by atoms with van der Waals surface area (Å²) < 4.78 is 0. The molecule has 3 nitrogen and oxygen atoms in total. The third-order valence-corrected chi connectivity index (χ3v) is 3.96. The minimum Gasteiger partial charge on any atom is -0.356 e. The van der Waals surface area contributed by atoms with E-state index < -0.39 is 0 Å². The quantitative estimate of drug-likeness (QED) is 0.848. The highest BCUT2D eigenvalue weighted by molar-refractivity contribution is 5.85. The van der Waals surface area contributed by atoms with Crippen molar-refractivity contribution >= 4 is 18.3 Å². The molecular formula is C17H27ClN2O. The molecule has 0 saturated carbocycles. The number of nitrogens with one attached hydrogen (secondary N) is 2. The van der Waals surface area contributed by atoms with Crippen LogP contribution in [0.15, 0.2) is 18.2 Å². The van der Waals surface area contributed by atoms with Gasteiger partial charge in [0.2, 0.25) is 5.91 Å². The van der Waals surface area contributed by atoms with Crippen molar-refractivity contribution < 1.29 is 4.79 Å². The molecule has 0 aliphatic carbocycles. The number of aryl methyl sites for hydroxylation is 2. The predicted octanol–water partition coefficient (Wildman–Crippen LogP) is 2.77. The third kappa shape index (κ3) is 6.49. The van der Waals surface area contributed by atoms with Crippen LogP contribution in [0.3, 0.4) is 0 Å². The van der Waals surface area contributed by atoms with E-state index in [1.54, 1.807) is 0 Å². The second-order valence-electron chi connectivity index (χ2n) is 5.99. The molecule has 1 aliphatic rings. The molecule has 4 heteroatoms. The lowest BCUT2D eigenvalue weighted by Gasteiger charge is -2.09. The van der Waals surface area contributed by atoms with Crippen LogP contribution in [0.25, 0.3) is 0 Å². The minimum atomic E-state index is 0. The van der Waals surface area contributed by atoms with Crippen LogP contribution in [0.1, 0.15) is 36.0 Å². The summed E-state index contributed by atoms with van der Waals surface area (Å²) in [6, 6.07) is 6.57. The van der Waals surface area contributed by atoms with E-state index in [9.17, 15) is 4.79 Å². The van der Waals surface area contributed by atoms with Gasteiger partial charge in [-0.15, -0.1) is 12.4 Å².